The zero-order valence-electron chi connectivity index (χ0n) is 11.2. The topological polar surface area (TPSA) is 24.5 Å². The Labute approximate surface area is 101 Å². The highest BCUT2D eigenvalue weighted by Crippen LogP contribution is 2.15. The summed E-state index contributed by atoms with van der Waals surface area (Å²) in [5.74, 6) is 0.940. The first-order chi connectivity index (χ1) is 7.68. The molecule has 1 aliphatic heterocycles. The van der Waals surface area contributed by atoms with Crippen LogP contribution in [-0.2, 0) is 4.74 Å². The van der Waals surface area contributed by atoms with E-state index in [1.54, 1.807) is 0 Å². The Morgan fingerprint density at radius 2 is 1.94 bits per heavy atom. The van der Waals surface area contributed by atoms with Gasteiger partial charge in [0.05, 0.1) is 12.7 Å². The average molecular weight is 228 g/mol. The normalized spacial score (nSPS) is 18.6. The van der Waals surface area contributed by atoms with Gasteiger partial charge in [-0.2, -0.15) is 0 Å². The summed E-state index contributed by atoms with van der Waals surface area (Å²) < 4.78 is 5.55. The number of nitrogens with zero attached hydrogens (tertiary/aromatic N) is 1. The van der Waals surface area contributed by atoms with Gasteiger partial charge in [0.1, 0.15) is 0 Å². The maximum atomic E-state index is 5.55. The molecule has 1 N–H and O–H groups in total. The van der Waals surface area contributed by atoms with Crippen LogP contribution in [0.4, 0.5) is 0 Å². The number of nitrogens with one attached hydrogen (secondary N) is 1. The van der Waals surface area contributed by atoms with Crippen molar-refractivity contribution in [2.24, 2.45) is 5.92 Å². The van der Waals surface area contributed by atoms with Gasteiger partial charge in [-0.3, -0.25) is 0 Å². The minimum absolute atomic E-state index is 0.359. The lowest BCUT2D eigenvalue weighted by molar-refractivity contribution is 0.0627. The van der Waals surface area contributed by atoms with Crippen LogP contribution in [0, 0.1) is 5.92 Å². The van der Waals surface area contributed by atoms with Crippen LogP contribution in [0.1, 0.15) is 33.1 Å². The molecule has 3 nitrogen and oxygen atoms in total. The van der Waals surface area contributed by atoms with Gasteiger partial charge in [0, 0.05) is 6.54 Å². The van der Waals surface area contributed by atoms with E-state index in [0.29, 0.717) is 6.10 Å². The van der Waals surface area contributed by atoms with Crippen LogP contribution >= 0.6 is 0 Å². The summed E-state index contributed by atoms with van der Waals surface area (Å²) in [6.07, 6.45) is 4.42. The summed E-state index contributed by atoms with van der Waals surface area (Å²) in [5.41, 5.74) is 0. The molecule has 0 aromatic carbocycles. The zero-order chi connectivity index (χ0) is 11.8. The molecule has 0 radical (unpaired) electrons. The van der Waals surface area contributed by atoms with Gasteiger partial charge >= 0.3 is 0 Å². The van der Waals surface area contributed by atoms with Crippen molar-refractivity contribution in [3.05, 3.63) is 0 Å². The van der Waals surface area contributed by atoms with Crippen molar-refractivity contribution in [3.8, 4) is 0 Å². The van der Waals surface area contributed by atoms with Crippen LogP contribution in [0.15, 0.2) is 0 Å². The predicted octanol–water partition coefficient (Wildman–Crippen LogP) is 1.73. The predicted molar refractivity (Wildman–Crippen MR) is 68.8 cm³/mol. The van der Waals surface area contributed by atoms with E-state index >= 15 is 0 Å². The van der Waals surface area contributed by atoms with Crippen molar-refractivity contribution in [2.75, 3.05) is 39.8 Å². The Morgan fingerprint density at radius 1 is 1.25 bits per heavy atom. The van der Waals surface area contributed by atoms with Gasteiger partial charge in [-0.25, -0.2) is 0 Å². The highest BCUT2D eigenvalue weighted by molar-refractivity contribution is 4.69. The van der Waals surface area contributed by atoms with E-state index in [9.17, 15) is 0 Å². The Hall–Kier alpha value is -0.120. The van der Waals surface area contributed by atoms with Gasteiger partial charge in [0.25, 0.3) is 0 Å². The zero-order valence-corrected chi connectivity index (χ0v) is 11.2. The number of rotatable bonds is 7. The number of piperidine rings is 1. The van der Waals surface area contributed by atoms with Crippen molar-refractivity contribution in [2.45, 2.75) is 39.2 Å². The van der Waals surface area contributed by atoms with Gasteiger partial charge in [0.2, 0.25) is 0 Å². The van der Waals surface area contributed by atoms with Crippen LogP contribution in [0.5, 0.6) is 0 Å². The fraction of sp³-hybridized carbons (Fsp3) is 1.00. The van der Waals surface area contributed by atoms with E-state index in [1.165, 1.54) is 38.9 Å². The molecule has 0 spiro atoms. The van der Waals surface area contributed by atoms with Crippen LogP contribution in [-0.4, -0.2) is 50.8 Å². The Bertz CT molecular complexity index is 167. The lowest BCUT2D eigenvalue weighted by Gasteiger charge is -2.25. The van der Waals surface area contributed by atoms with Gasteiger partial charge in [-0.15, -0.1) is 0 Å². The third kappa shape index (κ3) is 6.46. The van der Waals surface area contributed by atoms with E-state index in [-0.39, 0.29) is 0 Å². The first kappa shape index (κ1) is 13.9. The molecule has 0 amide bonds. The molecule has 0 aliphatic carbocycles. The lowest BCUT2D eigenvalue weighted by Crippen LogP contribution is -2.31. The molecule has 1 heterocycles. The summed E-state index contributed by atoms with van der Waals surface area (Å²) in [6.45, 7) is 9.75. The number of ether oxygens (including phenoxy) is 1. The first-order valence-electron chi connectivity index (χ1n) is 6.69. The van der Waals surface area contributed by atoms with Gasteiger partial charge < -0.3 is 15.0 Å². The van der Waals surface area contributed by atoms with Gasteiger partial charge in [-0.05, 0) is 65.7 Å². The second kappa shape index (κ2) is 8.04. The summed E-state index contributed by atoms with van der Waals surface area (Å²) in [6, 6.07) is 0. The third-order valence-corrected chi connectivity index (χ3v) is 3.30. The third-order valence-electron chi connectivity index (χ3n) is 3.30. The Balaban J connectivity index is 1.98. The summed E-state index contributed by atoms with van der Waals surface area (Å²) in [4.78, 5) is 2.39. The summed E-state index contributed by atoms with van der Waals surface area (Å²) in [7, 11) is 2.20. The molecule has 1 rings (SSSR count). The number of likely N-dealkylation sites (N-methyl/N-ethyl adjacent to an activating group) is 1. The van der Waals surface area contributed by atoms with Crippen molar-refractivity contribution in [3.63, 3.8) is 0 Å². The molecule has 0 saturated carbocycles. The van der Waals surface area contributed by atoms with Crippen LogP contribution in [0.2, 0.25) is 0 Å². The molecule has 0 aromatic heterocycles. The second-order valence-electron chi connectivity index (χ2n) is 5.20. The van der Waals surface area contributed by atoms with Crippen molar-refractivity contribution >= 4 is 0 Å². The molecule has 1 fully saturated rings. The molecular formula is C13H28N2O. The molecule has 96 valence electrons. The molecule has 0 aromatic rings. The Kier molecular flexibility index (Phi) is 7.01. The SMILES string of the molecule is CC(C)OCCN(C)CCC1CCNCC1. The Morgan fingerprint density at radius 3 is 2.56 bits per heavy atom. The minimum atomic E-state index is 0.359. The fourth-order valence-corrected chi connectivity index (χ4v) is 2.13. The maximum absolute atomic E-state index is 5.55. The first-order valence-corrected chi connectivity index (χ1v) is 6.69. The monoisotopic (exact) mass is 228 g/mol. The second-order valence-corrected chi connectivity index (χ2v) is 5.20. The van der Waals surface area contributed by atoms with E-state index < -0.39 is 0 Å². The molecule has 0 unspecified atom stereocenters. The lowest BCUT2D eigenvalue weighted by atomic mass is 9.94. The van der Waals surface area contributed by atoms with Crippen molar-refractivity contribution in [1.29, 1.82) is 0 Å². The highest BCUT2D eigenvalue weighted by atomic mass is 16.5. The molecular weight excluding hydrogens is 200 g/mol. The summed E-state index contributed by atoms with van der Waals surface area (Å²) in [5, 5.41) is 3.42. The molecule has 0 bridgehead atoms. The van der Waals surface area contributed by atoms with E-state index in [4.69, 9.17) is 4.74 Å². The van der Waals surface area contributed by atoms with Crippen LogP contribution < -0.4 is 5.32 Å². The van der Waals surface area contributed by atoms with Gasteiger partial charge in [-0.1, -0.05) is 0 Å². The molecule has 1 aliphatic rings. The van der Waals surface area contributed by atoms with Crippen LogP contribution in [0.25, 0.3) is 0 Å². The molecule has 1 saturated heterocycles. The van der Waals surface area contributed by atoms with Crippen molar-refractivity contribution < 1.29 is 4.74 Å². The highest BCUT2D eigenvalue weighted by Gasteiger charge is 2.13. The summed E-state index contributed by atoms with van der Waals surface area (Å²) >= 11 is 0. The van der Waals surface area contributed by atoms with E-state index in [2.05, 4.69) is 31.1 Å². The molecule has 16 heavy (non-hydrogen) atoms. The average Bonchev–Trinajstić information content (AvgIpc) is 2.27. The smallest absolute Gasteiger partial charge is 0.0596 e. The quantitative estimate of drug-likeness (QED) is 0.718. The number of hydrogen-bond donors (Lipinski definition) is 1. The standard InChI is InChI=1S/C13H28N2O/c1-12(2)16-11-10-15(3)9-6-13-4-7-14-8-5-13/h12-14H,4-11H2,1-3H3. The maximum Gasteiger partial charge on any atom is 0.0596 e. The fourth-order valence-electron chi connectivity index (χ4n) is 2.13. The van der Waals surface area contributed by atoms with Crippen LogP contribution in [0.3, 0.4) is 0 Å². The largest absolute Gasteiger partial charge is 0.377 e. The van der Waals surface area contributed by atoms with Gasteiger partial charge in [0.15, 0.2) is 0 Å². The molecule has 0 atom stereocenters. The van der Waals surface area contributed by atoms with E-state index in [1.807, 2.05) is 0 Å². The van der Waals surface area contributed by atoms with E-state index in [0.717, 1.165) is 19.1 Å². The minimum Gasteiger partial charge on any atom is -0.377 e. The molecule has 3 heteroatoms. The van der Waals surface area contributed by atoms with Crippen molar-refractivity contribution in [1.82, 2.24) is 10.2 Å². The number of hydrogen-bond acceptors (Lipinski definition) is 3.